The molecule has 5 heterocycles. The van der Waals surface area contributed by atoms with Crippen LogP contribution in [0.25, 0.3) is 0 Å². The number of carbonyl (C=O) groups is 4. The molecule has 16 atom stereocenters. The Labute approximate surface area is 309 Å². The van der Waals surface area contributed by atoms with E-state index in [-0.39, 0.29) is 97.1 Å². The van der Waals surface area contributed by atoms with E-state index in [4.69, 9.17) is 37.9 Å². The Bertz CT molecular complexity index is 1040. The minimum atomic E-state index is -0.434. The van der Waals surface area contributed by atoms with E-state index in [1.54, 1.807) is 0 Å². The van der Waals surface area contributed by atoms with Gasteiger partial charge in [-0.1, -0.05) is 0 Å². The zero-order chi connectivity index (χ0) is 37.7. The van der Waals surface area contributed by atoms with Crippen molar-refractivity contribution in [3.8, 4) is 0 Å². The molecule has 0 saturated carbocycles. The summed E-state index contributed by atoms with van der Waals surface area (Å²) in [5, 5.41) is 0. The summed E-state index contributed by atoms with van der Waals surface area (Å²) in [5.41, 5.74) is 0. The number of ether oxygens (including phenoxy) is 8. The van der Waals surface area contributed by atoms with E-state index >= 15 is 0 Å². The number of rotatable bonds is 0. The minimum Gasteiger partial charge on any atom is -0.462 e. The number of hydrogen-bond donors (Lipinski definition) is 0. The van der Waals surface area contributed by atoms with Crippen molar-refractivity contribution in [2.75, 3.05) is 0 Å². The molecule has 2 unspecified atom stereocenters. The third-order valence-electron chi connectivity index (χ3n) is 11.9. The van der Waals surface area contributed by atoms with Gasteiger partial charge >= 0.3 is 23.9 Å². The summed E-state index contributed by atoms with van der Waals surface area (Å²) < 4.78 is 48.4. The fourth-order valence-electron chi connectivity index (χ4n) is 8.60. The lowest BCUT2D eigenvalue weighted by atomic mass is 10.00. The normalized spacial score (nSPS) is 45.2. The smallest absolute Gasteiger partial charge is 0.311 e. The molecule has 0 amide bonds. The van der Waals surface area contributed by atoms with Crippen LogP contribution in [-0.4, -0.2) is 97.1 Å². The van der Waals surface area contributed by atoms with Crippen LogP contribution in [0.3, 0.4) is 0 Å². The van der Waals surface area contributed by atoms with Gasteiger partial charge in [0.2, 0.25) is 0 Å². The maximum absolute atomic E-state index is 13.1. The molecule has 52 heavy (non-hydrogen) atoms. The first-order valence-electron chi connectivity index (χ1n) is 20.1. The van der Waals surface area contributed by atoms with Gasteiger partial charge in [-0.15, -0.1) is 0 Å². The quantitative estimate of drug-likeness (QED) is 0.212. The molecular formula is C40H64O12. The van der Waals surface area contributed by atoms with Crippen LogP contribution in [0.5, 0.6) is 0 Å². The van der Waals surface area contributed by atoms with Crippen LogP contribution in [0.15, 0.2) is 0 Å². The van der Waals surface area contributed by atoms with E-state index in [0.29, 0.717) is 25.7 Å². The highest BCUT2D eigenvalue weighted by molar-refractivity contribution is 5.74. The van der Waals surface area contributed by atoms with Gasteiger partial charge in [-0.2, -0.15) is 0 Å². The highest BCUT2D eigenvalue weighted by Crippen LogP contribution is 2.34. The molecule has 0 N–H and O–H groups in total. The third-order valence-corrected chi connectivity index (χ3v) is 11.9. The van der Waals surface area contributed by atoms with Crippen LogP contribution in [-0.2, 0) is 57.1 Å². The molecule has 0 radical (unpaired) electrons. The molecule has 0 aromatic rings. The second-order valence-electron chi connectivity index (χ2n) is 16.6. The lowest BCUT2D eigenvalue weighted by Gasteiger charge is -2.26. The van der Waals surface area contributed by atoms with Crippen LogP contribution in [0.4, 0.5) is 0 Å². The highest BCUT2D eigenvalue weighted by Gasteiger charge is 2.41. The van der Waals surface area contributed by atoms with Crippen molar-refractivity contribution in [1.29, 1.82) is 0 Å². The zero-order valence-corrected chi connectivity index (χ0v) is 32.6. The molecule has 5 aliphatic heterocycles. The van der Waals surface area contributed by atoms with Crippen molar-refractivity contribution in [3.05, 3.63) is 0 Å². The maximum Gasteiger partial charge on any atom is 0.311 e. The van der Waals surface area contributed by atoms with Crippen molar-refractivity contribution in [2.45, 2.75) is 206 Å². The first-order chi connectivity index (χ1) is 24.7. The molecule has 5 saturated heterocycles. The van der Waals surface area contributed by atoms with Gasteiger partial charge in [0.1, 0.15) is 24.4 Å². The summed E-state index contributed by atoms with van der Waals surface area (Å²) in [7, 11) is 0. The first-order valence-corrected chi connectivity index (χ1v) is 20.1. The summed E-state index contributed by atoms with van der Waals surface area (Å²) in [5.74, 6) is -2.93. The third kappa shape index (κ3) is 10.9. The molecule has 0 aliphatic carbocycles. The van der Waals surface area contributed by atoms with E-state index in [1.165, 1.54) is 0 Å². The van der Waals surface area contributed by atoms with Crippen molar-refractivity contribution in [3.63, 3.8) is 0 Å². The highest BCUT2D eigenvalue weighted by atomic mass is 16.6. The molecule has 5 rings (SSSR count). The summed E-state index contributed by atoms with van der Waals surface area (Å²) >= 11 is 0. The number of carbonyl (C=O) groups excluding carboxylic acids is 4. The lowest BCUT2D eigenvalue weighted by Crippen LogP contribution is -2.34. The summed E-state index contributed by atoms with van der Waals surface area (Å²) in [4.78, 5) is 52.4. The monoisotopic (exact) mass is 736 g/mol. The van der Waals surface area contributed by atoms with E-state index < -0.39 is 23.7 Å². The Morgan fingerprint density at radius 1 is 0.327 bits per heavy atom. The number of cyclic esters (lactones) is 4. The van der Waals surface area contributed by atoms with Gasteiger partial charge in [0.05, 0.1) is 72.5 Å². The molecule has 8 bridgehead atoms. The predicted octanol–water partition coefficient (Wildman–Crippen LogP) is 6.02. The topological polar surface area (TPSA) is 142 Å². The van der Waals surface area contributed by atoms with Gasteiger partial charge in [-0.25, -0.2) is 0 Å². The second kappa shape index (κ2) is 18.4. The standard InChI is InChI=1S/C40H64O12/c1-21-17-29-9-13-34(49-29)26(6)38(42)46-23(3)19-31-11-15-36(51-31)28(8)40(44)48-24(4)20-32-12-16-35(52-32)27(7)39(43)47-22(2)18-30-10-14-33(50-30)25(5)37(41)45-21/h21-36H,9-20H2,1-8H3/t21-,22+,23+,24-,25-,26+,27+,28-,29-,30+,31+,32?,33-,34+,35?,36-/m0/s1. The Morgan fingerprint density at radius 2 is 0.519 bits per heavy atom. The van der Waals surface area contributed by atoms with Crippen LogP contribution in [0.1, 0.15) is 132 Å². The van der Waals surface area contributed by atoms with Crippen molar-refractivity contribution in [2.24, 2.45) is 23.7 Å². The molecule has 5 fully saturated rings. The number of hydrogen-bond acceptors (Lipinski definition) is 12. The Morgan fingerprint density at radius 3 is 0.712 bits per heavy atom. The van der Waals surface area contributed by atoms with Crippen molar-refractivity contribution in [1.82, 2.24) is 0 Å². The molecule has 0 aromatic heterocycles. The molecule has 296 valence electrons. The predicted molar refractivity (Wildman–Crippen MR) is 189 cm³/mol. The van der Waals surface area contributed by atoms with Gasteiger partial charge in [-0.05, 0) is 107 Å². The van der Waals surface area contributed by atoms with Crippen LogP contribution < -0.4 is 0 Å². The van der Waals surface area contributed by atoms with Gasteiger partial charge in [0.25, 0.3) is 0 Å². The Balaban J connectivity index is 1.19. The Hall–Kier alpha value is -2.28. The molecule has 0 spiro atoms. The van der Waals surface area contributed by atoms with E-state index in [0.717, 1.165) is 51.4 Å². The van der Waals surface area contributed by atoms with E-state index in [9.17, 15) is 19.2 Å². The van der Waals surface area contributed by atoms with Crippen LogP contribution >= 0.6 is 0 Å². The van der Waals surface area contributed by atoms with Gasteiger partial charge in [0, 0.05) is 25.7 Å². The van der Waals surface area contributed by atoms with Crippen molar-refractivity contribution >= 4 is 23.9 Å². The van der Waals surface area contributed by atoms with Gasteiger partial charge < -0.3 is 37.9 Å². The van der Waals surface area contributed by atoms with E-state index in [2.05, 4.69) is 0 Å². The minimum absolute atomic E-state index is 0.119. The molecule has 5 aliphatic rings. The summed E-state index contributed by atoms with van der Waals surface area (Å²) in [6.45, 7) is 14.9. The van der Waals surface area contributed by atoms with Gasteiger partial charge in [-0.3, -0.25) is 19.2 Å². The zero-order valence-electron chi connectivity index (χ0n) is 32.6. The average molecular weight is 737 g/mol. The molecule has 12 nitrogen and oxygen atoms in total. The Kier molecular flexibility index (Phi) is 14.4. The van der Waals surface area contributed by atoms with Crippen molar-refractivity contribution < 1.29 is 57.1 Å². The summed E-state index contributed by atoms with van der Waals surface area (Å²) in [6.07, 6.45) is 5.22. The second-order valence-corrected chi connectivity index (χ2v) is 16.6. The first kappa shape index (κ1) is 40.9. The fraction of sp³-hybridized carbons (Fsp3) is 0.900. The molecule has 0 aromatic carbocycles. The number of fused-ring (bicyclic) bond motifs is 8. The van der Waals surface area contributed by atoms with Crippen LogP contribution in [0, 0.1) is 23.7 Å². The average Bonchev–Trinajstić information content (AvgIpc) is 3.91. The molecular weight excluding hydrogens is 672 g/mol. The van der Waals surface area contributed by atoms with E-state index in [1.807, 2.05) is 55.4 Å². The maximum atomic E-state index is 13.1. The fourth-order valence-corrected chi connectivity index (χ4v) is 8.60. The van der Waals surface area contributed by atoms with Gasteiger partial charge in [0.15, 0.2) is 0 Å². The summed E-state index contributed by atoms with van der Waals surface area (Å²) in [6, 6.07) is 0. The largest absolute Gasteiger partial charge is 0.462 e. The van der Waals surface area contributed by atoms with Crippen LogP contribution in [0.2, 0.25) is 0 Å². The SMILES string of the molecule is C[C@@H]1C[C@H]2CC[C@H](O2)[C@H](C)C(=O)O[C@@H](C)C[C@@H]2CC[C@@H](O2)[C@@H](C)C(=O)O[C@H](C)C[C@H]2CC[C@H](O2)[C@H](C)C(=O)O[C@@H](C)CC2CCC(O2)[C@@H](C)C(=O)O1. The number of esters is 4. The lowest BCUT2D eigenvalue weighted by molar-refractivity contribution is -0.161. The molecule has 12 heteroatoms.